The maximum atomic E-state index is 12.1. The molecule has 0 spiro atoms. The molecule has 0 aliphatic heterocycles. The van der Waals surface area contributed by atoms with Crippen molar-refractivity contribution in [3.05, 3.63) is 57.7 Å². The zero-order valence-electron chi connectivity index (χ0n) is 11.4. The molecule has 0 fully saturated rings. The monoisotopic (exact) mass is 391 g/mol. The van der Waals surface area contributed by atoms with Crippen LogP contribution in [0.3, 0.4) is 0 Å². The van der Waals surface area contributed by atoms with Crippen LogP contribution in [0.2, 0.25) is 0 Å². The second-order valence-corrected chi connectivity index (χ2v) is 5.80. The standard InChI is InChI=1S/C16H14IN3O/c1-11(19-15-7-3-5-13(17)9-15)16(21)20-14-6-2-4-12(8-14)10-18/h2-9,11,19H,1H3,(H,20,21)/t11-/m1/s1. The Morgan fingerprint density at radius 1 is 1.19 bits per heavy atom. The Labute approximate surface area is 137 Å². The Hall–Kier alpha value is -2.07. The normalized spacial score (nSPS) is 11.3. The summed E-state index contributed by atoms with van der Waals surface area (Å²) in [5, 5.41) is 14.8. The number of hydrogen-bond acceptors (Lipinski definition) is 3. The first-order valence-electron chi connectivity index (χ1n) is 6.41. The fourth-order valence-electron chi connectivity index (χ4n) is 1.81. The van der Waals surface area contributed by atoms with E-state index in [4.69, 9.17) is 5.26 Å². The predicted octanol–water partition coefficient (Wildman–Crippen LogP) is 3.60. The number of nitrogens with zero attached hydrogens (tertiary/aromatic N) is 1. The molecule has 2 N–H and O–H groups in total. The number of carbonyl (C=O) groups is 1. The average Bonchev–Trinajstić information content (AvgIpc) is 2.47. The molecule has 0 bridgehead atoms. The lowest BCUT2D eigenvalue weighted by molar-refractivity contribution is -0.116. The van der Waals surface area contributed by atoms with Crippen LogP contribution in [0.1, 0.15) is 12.5 Å². The van der Waals surface area contributed by atoms with Crippen LogP contribution in [0.25, 0.3) is 0 Å². The molecule has 0 aliphatic carbocycles. The highest BCUT2D eigenvalue weighted by Gasteiger charge is 2.13. The van der Waals surface area contributed by atoms with Gasteiger partial charge < -0.3 is 10.6 Å². The van der Waals surface area contributed by atoms with Crippen molar-refractivity contribution in [2.45, 2.75) is 13.0 Å². The molecular formula is C16H14IN3O. The van der Waals surface area contributed by atoms with Gasteiger partial charge in [-0.05, 0) is 65.9 Å². The van der Waals surface area contributed by atoms with Crippen LogP contribution in [0.4, 0.5) is 11.4 Å². The quantitative estimate of drug-likeness (QED) is 0.783. The summed E-state index contributed by atoms with van der Waals surface area (Å²) in [6, 6.07) is 16.3. The van der Waals surface area contributed by atoms with E-state index >= 15 is 0 Å². The van der Waals surface area contributed by atoms with Crippen molar-refractivity contribution in [1.82, 2.24) is 0 Å². The number of amides is 1. The van der Waals surface area contributed by atoms with E-state index in [0.717, 1.165) is 9.26 Å². The number of rotatable bonds is 4. The number of anilines is 2. The molecule has 1 atom stereocenters. The van der Waals surface area contributed by atoms with Gasteiger partial charge in [0.05, 0.1) is 11.6 Å². The third-order valence-electron chi connectivity index (χ3n) is 2.86. The molecule has 21 heavy (non-hydrogen) atoms. The van der Waals surface area contributed by atoms with Gasteiger partial charge in [-0.15, -0.1) is 0 Å². The third-order valence-corrected chi connectivity index (χ3v) is 3.53. The highest BCUT2D eigenvalue weighted by molar-refractivity contribution is 14.1. The Morgan fingerprint density at radius 2 is 1.90 bits per heavy atom. The maximum absolute atomic E-state index is 12.1. The molecule has 2 aromatic carbocycles. The van der Waals surface area contributed by atoms with Gasteiger partial charge in [-0.25, -0.2) is 0 Å². The zero-order chi connectivity index (χ0) is 15.2. The fraction of sp³-hybridized carbons (Fsp3) is 0.125. The van der Waals surface area contributed by atoms with E-state index in [0.29, 0.717) is 11.3 Å². The van der Waals surface area contributed by atoms with E-state index < -0.39 is 0 Å². The minimum atomic E-state index is -0.381. The summed E-state index contributed by atoms with van der Waals surface area (Å²) in [6.07, 6.45) is 0. The molecule has 2 aromatic rings. The number of nitrogens with one attached hydrogen (secondary N) is 2. The van der Waals surface area contributed by atoms with Gasteiger partial charge >= 0.3 is 0 Å². The highest BCUT2D eigenvalue weighted by Crippen LogP contribution is 2.15. The average molecular weight is 391 g/mol. The molecule has 0 unspecified atom stereocenters. The molecule has 0 radical (unpaired) electrons. The summed E-state index contributed by atoms with van der Waals surface area (Å²) in [5.41, 5.74) is 2.04. The number of benzene rings is 2. The maximum Gasteiger partial charge on any atom is 0.246 e. The topological polar surface area (TPSA) is 64.9 Å². The van der Waals surface area contributed by atoms with Gasteiger partial charge in [-0.1, -0.05) is 12.1 Å². The van der Waals surface area contributed by atoms with Crippen LogP contribution in [0.5, 0.6) is 0 Å². The molecule has 4 nitrogen and oxygen atoms in total. The SMILES string of the molecule is C[C@@H](Nc1cccc(I)c1)C(=O)Nc1cccc(C#N)c1. The Balaban J connectivity index is 2.01. The van der Waals surface area contributed by atoms with Crippen LogP contribution >= 0.6 is 22.6 Å². The van der Waals surface area contributed by atoms with Crippen LogP contribution < -0.4 is 10.6 Å². The second-order valence-electron chi connectivity index (χ2n) is 4.56. The van der Waals surface area contributed by atoms with Crippen LogP contribution in [-0.4, -0.2) is 11.9 Å². The second kappa shape index (κ2) is 7.09. The summed E-state index contributed by atoms with van der Waals surface area (Å²) in [6.45, 7) is 1.79. The van der Waals surface area contributed by atoms with Gasteiger partial charge in [0.15, 0.2) is 0 Å². The molecule has 5 heteroatoms. The lowest BCUT2D eigenvalue weighted by atomic mass is 10.2. The number of halogens is 1. The van der Waals surface area contributed by atoms with Gasteiger partial charge in [0.1, 0.15) is 6.04 Å². The minimum absolute atomic E-state index is 0.149. The van der Waals surface area contributed by atoms with Crippen molar-refractivity contribution in [2.75, 3.05) is 10.6 Å². The highest BCUT2D eigenvalue weighted by atomic mass is 127. The molecule has 0 aliphatic rings. The lowest BCUT2D eigenvalue weighted by Gasteiger charge is -2.15. The molecule has 0 saturated heterocycles. The first kappa shape index (κ1) is 15.3. The summed E-state index contributed by atoms with van der Waals surface area (Å²) >= 11 is 2.22. The summed E-state index contributed by atoms with van der Waals surface area (Å²) in [5.74, 6) is -0.149. The molecule has 0 saturated carbocycles. The molecule has 1 amide bonds. The lowest BCUT2D eigenvalue weighted by Crippen LogP contribution is -2.31. The Morgan fingerprint density at radius 3 is 2.62 bits per heavy atom. The minimum Gasteiger partial charge on any atom is -0.374 e. The van der Waals surface area contributed by atoms with E-state index in [9.17, 15) is 4.79 Å². The van der Waals surface area contributed by atoms with Crippen LogP contribution in [-0.2, 0) is 4.79 Å². The summed E-state index contributed by atoms with van der Waals surface area (Å²) < 4.78 is 1.10. The molecule has 0 heterocycles. The van der Waals surface area contributed by atoms with E-state index in [1.54, 1.807) is 31.2 Å². The van der Waals surface area contributed by atoms with Crippen molar-refractivity contribution >= 4 is 39.9 Å². The van der Waals surface area contributed by atoms with Crippen LogP contribution in [0.15, 0.2) is 48.5 Å². The number of carbonyl (C=O) groups excluding carboxylic acids is 1. The van der Waals surface area contributed by atoms with Gasteiger partial charge in [-0.2, -0.15) is 5.26 Å². The van der Waals surface area contributed by atoms with E-state index in [1.165, 1.54) is 0 Å². The van der Waals surface area contributed by atoms with Gasteiger partial charge in [0.2, 0.25) is 5.91 Å². The van der Waals surface area contributed by atoms with Gasteiger partial charge in [0.25, 0.3) is 0 Å². The third kappa shape index (κ3) is 4.46. The first-order chi connectivity index (χ1) is 10.1. The zero-order valence-corrected chi connectivity index (χ0v) is 13.6. The fourth-order valence-corrected chi connectivity index (χ4v) is 2.35. The Kier molecular flexibility index (Phi) is 5.17. The largest absolute Gasteiger partial charge is 0.374 e. The molecule has 2 rings (SSSR count). The summed E-state index contributed by atoms with van der Waals surface area (Å²) in [4.78, 5) is 12.1. The Bertz CT molecular complexity index is 694. The number of hydrogen-bond donors (Lipinski definition) is 2. The van der Waals surface area contributed by atoms with E-state index in [2.05, 4.69) is 33.2 Å². The molecule has 0 aromatic heterocycles. The van der Waals surface area contributed by atoms with Crippen LogP contribution in [0, 0.1) is 14.9 Å². The smallest absolute Gasteiger partial charge is 0.246 e. The van der Waals surface area contributed by atoms with Crippen molar-refractivity contribution in [1.29, 1.82) is 5.26 Å². The van der Waals surface area contributed by atoms with E-state index in [1.807, 2.05) is 30.3 Å². The molecular weight excluding hydrogens is 377 g/mol. The molecule has 106 valence electrons. The van der Waals surface area contributed by atoms with Gasteiger partial charge in [-0.3, -0.25) is 4.79 Å². The number of nitriles is 1. The van der Waals surface area contributed by atoms with Crippen molar-refractivity contribution in [3.8, 4) is 6.07 Å². The van der Waals surface area contributed by atoms with Crippen molar-refractivity contribution in [3.63, 3.8) is 0 Å². The van der Waals surface area contributed by atoms with Crippen molar-refractivity contribution < 1.29 is 4.79 Å². The van der Waals surface area contributed by atoms with Gasteiger partial charge in [0, 0.05) is 14.9 Å². The van der Waals surface area contributed by atoms with E-state index in [-0.39, 0.29) is 11.9 Å². The van der Waals surface area contributed by atoms with Crippen molar-refractivity contribution in [2.24, 2.45) is 0 Å². The summed E-state index contributed by atoms with van der Waals surface area (Å²) in [7, 11) is 0. The predicted molar refractivity (Wildman–Crippen MR) is 92.0 cm³/mol. The first-order valence-corrected chi connectivity index (χ1v) is 7.49.